The zero-order valence-electron chi connectivity index (χ0n) is 17.6. The first-order valence-electron chi connectivity index (χ1n) is 11.0. The Morgan fingerprint density at radius 3 is 1.96 bits per heavy atom. The Morgan fingerprint density at radius 1 is 0.857 bits per heavy atom. The quantitative estimate of drug-likeness (QED) is 0.222. The number of unbranched alkanes of at least 4 members (excludes halogenated alkanes) is 10. The van der Waals surface area contributed by atoms with E-state index in [-0.39, 0.29) is 11.3 Å². The minimum absolute atomic E-state index is 0.213. The van der Waals surface area contributed by atoms with E-state index in [1.165, 1.54) is 44.6 Å². The summed E-state index contributed by atoms with van der Waals surface area (Å²) in [5, 5.41) is 29.5. The maximum atomic E-state index is 11.7. The number of aryl methyl sites for hydroxylation is 1. The molecular weight excluding hydrogens is 356 g/mol. The lowest BCUT2D eigenvalue weighted by atomic mass is 10.00. The third kappa shape index (κ3) is 8.41. The van der Waals surface area contributed by atoms with Crippen LogP contribution in [0.15, 0.2) is 6.07 Å². The van der Waals surface area contributed by atoms with Gasteiger partial charge in [-0.3, -0.25) is 0 Å². The second-order valence-electron chi connectivity index (χ2n) is 7.55. The van der Waals surface area contributed by atoms with Crippen LogP contribution in [0.25, 0.3) is 0 Å². The van der Waals surface area contributed by atoms with Gasteiger partial charge in [0.25, 0.3) is 0 Å². The molecule has 0 saturated carbocycles. The number of benzene rings is 1. The van der Waals surface area contributed by atoms with Gasteiger partial charge in [-0.05, 0) is 30.9 Å². The van der Waals surface area contributed by atoms with Gasteiger partial charge >= 0.3 is 5.97 Å². The third-order valence-electron chi connectivity index (χ3n) is 5.07. The second kappa shape index (κ2) is 14.1. The molecule has 0 bridgehead atoms. The first-order chi connectivity index (χ1) is 13.5. The molecule has 5 nitrogen and oxygen atoms in total. The minimum Gasteiger partial charge on any atom is -0.504 e. The van der Waals surface area contributed by atoms with Crippen LogP contribution in [0.1, 0.15) is 107 Å². The molecular formula is C23H38O5. The lowest BCUT2D eigenvalue weighted by Gasteiger charge is -2.16. The van der Waals surface area contributed by atoms with Crippen LogP contribution in [-0.2, 0) is 6.42 Å². The van der Waals surface area contributed by atoms with Crippen LogP contribution in [0.5, 0.6) is 17.2 Å². The van der Waals surface area contributed by atoms with E-state index in [4.69, 9.17) is 4.74 Å². The molecule has 0 radical (unpaired) electrons. The molecule has 0 amide bonds. The Bertz CT molecular complexity index is 583. The highest BCUT2D eigenvalue weighted by atomic mass is 16.5. The van der Waals surface area contributed by atoms with Gasteiger partial charge in [-0.25, -0.2) is 4.79 Å². The van der Waals surface area contributed by atoms with Gasteiger partial charge in [-0.15, -0.1) is 0 Å². The van der Waals surface area contributed by atoms with E-state index < -0.39 is 17.5 Å². The number of rotatable bonds is 16. The molecule has 0 fully saturated rings. The number of hydrogen-bond donors (Lipinski definition) is 3. The van der Waals surface area contributed by atoms with Crippen LogP contribution in [0.4, 0.5) is 0 Å². The molecule has 0 heterocycles. The summed E-state index contributed by atoms with van der Waals surface area (Å²) >= 11 is 0. The molecule has 0 aromatic heterocycles. The van der Waals surface area contributed by atoms with Gasteiger partial charge in [0.15, 0.2) is 11.5 Å². The highest BCUT2D eigenvalue weighted by Gasteiger charge is 2.24. The first-order valence-corrected chi connectivity index (χ1v) is 11.0. The Balaban J connectivity index is 2.73. The lowest BCUT2D eigenvalue weighted by Crippen LogP contribution is -2.08. The minimum atomic E-state index is -1.28. The summed E-state index contributed by atoms with van der Waals surface area (Å²) in [4.78, 5) is 11.7. The third-order valence-corrected chi connectivity index (χ3v) is 5.07. The maximum Gasteiger partial charge on any atom is 0.343 e. The van der Waals surface area contributed by atoms with Crippen LogP contribution in [-0.4, -0.2) is 27.9 Å². The van der Waals surface area contributed by atoms with Crippen LogP contribution >= 0.6 is 0 Å². The van der Waals surface area contributed by atoms with Crippen LogP contribution < -0.4 is 4.74 Å². The fourth-order valence-corrected chi connectivity index (χ4v) is 3.40. The topological polar surface area (TPSA) is 87.0 Å². The molecule has 160 valence electrons. The number of carbonyl (C=O) groups is 1. The molecule has 0 aliphatic carbocycles. The van der Waals surface area contributed by atoms with Crippen molar-refractivity contribution in [3.63, 3.8) is 0 Å². The summed E-state index contributed by atoms with van der Waals surface area (Å²) in [6.45, 7) is 4.78. The Morgan fingerprint density at radius 2 is 1.39 bits per heavy atom. The van der Waals surface area contributed by atoms with Crippen molar-refractivity contribution in [3.05, 3.63) is 17.2 Å². The lowest BCUT2D eigenvalue weighted by molar-refractivity contribution is 0.0687. The molecule has 0 saturated heterocycles. The number of phenolic OH excluding ortho intramolecular Hbond substituents is 1. The van der Waals surface area contributed by atoms with Gasteiger partial charge in [0, 0.05) is 0 Å². The molecule has 0 unspecified atom stereocenters. The molecule has 3 N–H and O–H groups in total. The SMILES string of the molecule is CCCCCCCCOc1c(CCCCCCCC)cc(O)c(O)c1C(=O)O. The van der Waals surface area contributed by atoms with Crippen molar-refractivity contribution in [3.8, 4) is 17.2 Å². The van der Waals surface area contributed by atoms with Crippen LogP contribution in [0.3, 0.4) is 0 Å². The Hall–Kier alpha value is -1.91. The van der Waals surface area contributed by atoms with Crippen LogP contribution in [0, 0.1) is 0 Å². The predicted molar refractivity (Wildman–Crippen MR) is 113 cm³/mol. The van der Waals surface area contributed by atoms with Gasteiger partial charge in [0.05, 0.1) is 6.61 Å². The van der Waals surface area contributed by atoms with Crippen molar-refractivity contribution in [2.45, 2.75) is 97.3 Å². The molecule has 28 heavy (non-hydrogen) atoms. The van der Waals surface area contributed by atoms with Crippen molar-refractivity contribution >= 4 is 5.97 Å². The van der Waals surface area contributed by atoms with E-state index in [0.717, 1.165) is 38.5 Å². The summed E-state index contributed by atoms with van der Waals surface area (Å²) in [7, 11) is 0. The van der Waals surface area contributed by atoms with E-state index in [1.807, 2.05) is 0 Å². The Kier molecular flexibility index (Phi) is 12.2. The highest BCUT2D eigenvalue weighted by molar-refractivity contribution is 5.95. The van der Waals surface area contributed by atoms with Gasteiger partial charge < -0.3 is 20.1 Å². The van der Waals surface area contributed by atoms with E-state index in [2.05, 4.69) is 13.8 Å². The smallest absolute Gasteiger partial charge is 0.343 e. The summed E-state index contributed by atoms with van der Waals surface area (Å²) in [5.74, 6) is -2.08. The average molecular weight is 395 g/mol. The summed E-state index contributed by atoms with van der Waals surface area (Å²) in [5.41, 5.74) is 0.334. The van der Waals surface area contributed by atoms with E-state index in [9.17, 15) is 20.1 Å². The molecule has 5 heteroatoms. The number of phenols is 2. The number of carboxylic acids is 1. The zero-order valence-corrected chi connectivity index (χ0v) is 17.6. The Labute approximate surface area is 169 Å². The van der Waals surface area contributed by atoms with E-state index in [1.54, 1.807) is 0 Å². The second-order valence-corrected chi connectivity index (χ2v) is 7.55. The molecule has 0 spiro atoms. The number of ether oxygens (including phenoxy) is 1. The molecule has 0 atom stereocenters. The monoisotopic (exact) mass is 394 g/mol. The number of hydrogen-bond acceptors (Lipinski definition) is 4. The standard InChI is InChI=1S/C23H38O5/c1-3-5-7-9-11-13-15-18-17-19(24)21(25)20(23(26)27)22(18)28-16-14-12-10-8-6-4-2/h17,24-25H,3-16H2,1-2H3,(H,26,27). The summed E-state index contributed by atoms with van der Waals surface area (Å²) < 4.78 is 5.82. The fourth-order valence-electron chi connectivity index (χ4n) is 3.40. The highest BCUT2D eigenvalue weighted by Crippen LogP contribution is 2.40. The first kappa shape index (κ1) is 24.1. The van der Waals surface area contributed by atoms with Crippen LogP contribution in [0.2, 0.25) is 0 Å². The zero-order chi connectivity index (χ0) is 20.8. The average Bonchev–Trinajstić information content (AvgIpc) is 2.66. The van der Waals surface area contributed by atoms with Crippen molar-refractivity contribution in [1.29, 1.82) is 0 Å². The van der Waals surface area contributed by atoms with Crippen molar-refractivity contribution in [1.82, 2.24) is 0 Å². The fraction of sp³-hybridized carbons (Fsp3) is 0.696. The summed E-state index contributed by atoms with van der Waals surface area (Å²) in [6.07, 6.45) is 14.1. The largest absolute Gasteiger partial charge is 0.504 e. The predicted octanol–water partition coefficient (Wildman–Crippen LogP) is 6.44. The van der Waals surface area contributed by atoms with Gasteiger partial charge in [-0.2, -0.15) is 0 Å². The number of aromatic carboxylic acids is 1. The molecule has 0 aliphatic heterocycles. The van der Waals surface area contributed by atoms with E-state index >= 15 is 0 Å². The van der Waals surface area contributed by atoms with Crippen molar-refractivity contribution < 1.29 is 24.9 Å². The molecule has 1 rings (SSSR count). The van der Waals surface area contributed by atoms with Gasteiger partial charge in [0.1, 0.15) is 11.3 Å². The van der Waals surface area contributed by atoms with Gasteiger partial charge in [0.2, 0.25) is 0 Å². The normalized spacial score (nSPS) is 10.9. The molecule has 1 aromatic carbocycles. The maximum absolute atomic E-state index is 11.7. The molecule has 0 aliphatic rings. The molecule has 1 aromatic rings. The number of carboxylic acid groups (broad SMARTS) is 1. The summed E-state index contributed by atoms with van der Waals surface area (Å²) in [6, 6.07) is 1.45. The van der Waals surface area contributed by atoms with Crippen molar-refractivity contribution in [2.75, 3.05) is 6.61 Å². The van der Waals surface area contributed by atoms with Crippen molar-refractivity contribution in [2.24, 2.45) is 0 Å². The number of aromatic hydroxyl groups is 2. The van der Waals surface area contributed by atoms with Gasteiger partial charge in [-0.1, -0.05) is 78.1 Å². The van der Waals surface area contributed by atoms with E-state index in [0.29, 0.717) is 18.6 Å².